The third kappa shape index (κ3) is 4.05. The van der Waals surface area contributed by atoms with Crippen molar-refractivity contribution >= 4 is 21.9 Å². The van der Waals surface area contributed by atoms with E-state index in [1.807, 2.05) is 0 Å². The third-order valence-corrected chi connectivity index (χ3v) is 2.63. The highest BCUT2D eigenvalue weighted by atomic mass is 79.9. The molecule has 0 unspecified atom stereocenters. The van der Waals surface area contributed by atoms with Gasteiger partial charge in [-0.3, -0.25) is 4.79 Å². The largest absolute Gasteiger partial charge is 0.465 e. The summed E-state index contributed by atoms with van der Waals surface area (Å²) in [6, 6.07) is 2.45. The Hall–Kier alpha value is -1.01. The minimum absolute atomic E-state index is 0.0735. The normalized spacial score (nSPS) is 10.4. The molecule has 1 aromatic rings. The minimum atomic E-state index is -0.665. The van der Waals surface area contributed by atoms with Crippen molar-refractivity contribution in [2.45, 2.75) is 13.5 Å². The van der Waals surface area contributed by atoms with Crippen LogP contribution in [0.25, 0.3) is 0 Å². The molecule has 6 heteroatoms. The summed E-state index contributed by atoms with van der Waals surface area (Å²) in [6.07, 6.45) is 0. The van der Waals surface area contributed by atoms with Crippen molar-refractivity contribution in [2.24, 2.45) is 0 Å². The first-order valence-corrected chi connectivity index (χ1v) is 5.84. The molecule has 0 amide bonds. The number of hydrogen-bond acceptors (Lipinski definition) is 3. The summed E-state index contributed by atoms with van der Waals surface area (Å²) in [6.45, 7) is 1.81. The van der Waals surface area contributed by atoms with Crippen molar-refractivity contribution in [2.75, 3.05) is 13.2 Å². The lowest BCUT2D eigenvalue weighted by Gasteiger charge is -2.08. The zero-order valence-electron chi connectivity index (χ0n) is 9.23. The number of carbonyl (C=O) groups excluding carboxylic acids is 1. The second-order valence-corrected chi connectivity index (χ2v) is 4.08. The number of nitrogens with one attached hydrogen (secondary N) is 1. The number of halogens is 3. The molecule has 3 nitrogen and oxygen atoms in total. The van der Waals surface area contributed by atoms with Crippen molar-refractivity contribution in [3.63, 3.8) is 0 Å². The molecule has 0 fully saturated rings. The number of rotatable bonds is 5. The number of ether oxygens (including phenoxy) is 1. The van der Waals surface area contributed by atoms with E-state index in [0.29, 0.717) is 0 Å². The molecule has 0 saturated heterocycles. The molecular weight excluding hydrogens is 296 g/mol. The second kappa shape index (κ2) is 6.66. The molecular formula is C11H12BrF2NO2. The van der Waals surface area contributed by atoms with Crippen LogP contribution in [0.15, 0.2) is 16.6 Å². The van der Waals surface area contributed by atoms with Gasteiger partial charge in [0.05, 0.1) is 17.6 Å². The molecule has 94 valence electrons. The van der Waals surface area contributed by atoms with E-state index in [1.54, 1.807) is 6.92 Å². The van der Waals surface area contributed by atoms with Gasteiger partial charge in [-0.05, 0) is 35.0 Å². The van der Waals surface area contributed by atoms with E-state index in [2.05, 4.69) is 26.0 Å². The molecule has 17 heavy (non-hydrogen) atoms. The summed E-state index contributed by atoms with van der Waals surface area (Å²) in [4.78, 5) is 11.0. The summed E-state index contributed by atoms with van der Waals surface area (Å²) < 4.78 is 31.6. The molecule has 0 spiro atoms. The fraction of sp³-hybridized carbons (Fsp3) is 0.364. The van der Waals surface area contributed by atoms with Gasteiger partial charge in [-0.25, -0.2) is 8.78 Å². The van der Waals surface area contributed by atoms with Crippen LogP contribution in [0.5, 0.6) is 0 Å². The van der Waals surface area contributed by atoms with E-state index in [9.17, 15) is 13.6 Å². The number of benzene rings is 1. The molecule has 0 heterocycles. The lowest BCUT2D eigenvalue weighted by Crippen LogP contribution is -2.25. The van der Waals surface area contributed by atoms with Crippen LogP contribution in [-0.4, -0.2) is 19.1 Å². The maximum atomic E-state index is 13.5. The lowest BCUT2D eigenvalue weighted by molar-refractivity contribution is -0.142. The summed E-state index contributed by atoms with van der Waals surface area (Å²) in [7, 11) is 0. The molecule has 1 rings (SSSR count). The average Bonchev–Trinajstić information content (AvgIpc) is 2.29. The van der Waals surface area contributed by atoms with Gasteiger partial charge >= 0.3 is 5.97 Å². The first-order valence-electron chi connectivity index (χ1n) is 5.05. The maximum Gasteiger partial charge on any atom is 0.319 e. The average molecular weight is 308 g/mol. The highest BCUT2D eigenvalue weighted by Crippen LogP contribution is 2.21. The Bertz CT molecular complexity index is 413. The summed E-state index contributed by atoms with van der Waals surface area (Å²) in [5, 5.41) is 2.62. The highest BCUT2D eigenvalue weighted by Gasteiger charge is 2.12. The predicted octanol–water partition coefficient (Wildman–Crippen LogP) is 2.38. The van der Waals surface area contributed by atoms with Gasteiger partial charge in [0.15, 0.2) is 0 Å². The van der Waals surface area contributed by atoms with Crippen molar-refractivity contribution in [3.8, 4) is 0 Å². The second-order valence-electron chi connectivity index (χ2n) is 3.23. The van der Waals surface area contributed by atoms with Crippen LogP contribution in [0.3, 0.4) is 0 Å². The Morgan fingerprint density at radius 3 is 2.82 bits per heavy atom. The van der Waals surface area contributed by atoms with Crippen molar-refractivity contribution in [1.82, 2.24) is 5.32 Å². The van der Waals surface area contributed by atoms with Crippen LogP contribution in [-0.2, 0) is 16.1 Å². The van der Waals surface area contributed by atoms with Crippen LogP contribution in [0.4, 0.5) is 8.78 Å². The van der Waals surface area contributed by atoms with Gasteiger partial charge < -0.3 is 10.1 Å². The Kier molecular flexibility index (Phi) is 5.50. The van der Waals surface area contributed by atoms with Crippen LogP contribution >= 0.6 is 15.9 Å². The topological polar surface area (TPSA) is 38.3 Å². The highest BCUT2D eigenvalue weighted by molar-refractivity contribution is 9.10. The fourth-order valence-electron chi connectivity index (χ4n) is 1.23. The van der Waals surface area contributed by atoms with Gasteiger partial charge in [-0.2, -0.15) is 0 Å². The van der Waals surface area contributed by atoms with Crippen LogP contribution in [0, 0.1) is 11.6 Å². The number of esters is 1. The van der Waals surface area contributed by atoms with E-state index < -0.39 is 17.6 Å². The van der Waals surface area contributed by atoms with Gasteiger partial charge in [0.1, 0.15) is 11.6 Å². The van der Waals surface area contributed by atoms with Crippen LogP contribution in [0.1, 0.15) is 12.5 Å². The molecule has 0 aromatic heterocycles. The van der Waals surface area contributed by atoms with E-state index in [1.165, 1.54) is 6.07 Å². The molecule has 0 radical (unpaired) electrons. The zero-order chi connectivity index (χ0) is 12.8. The van der Waals surface area contributed by atoms with E-state index >= 15 is 0 Å². The van der Waals surface area contributed by atoms with E-state index in [0.717, 1.165) is 6.07 Å². The molecule has 0 atom stereocenters. The SMILES string of the molecule is CCOC(=O)CNCc1c(F)ccc(Br)c1F. The third-order valence-electron chi connectivity index (χ3n) is 2.02. The molecule has 0 aliphatic carbocycles. The summed E-state index contributed by atoms with van der Waals surface area (Å²) >= 11 is 2.96. The molecule has 0 aliphatic rings. The van der Waals surface area contributed by atoms with Gasteiger partial charge in [0, 0.05) is 12.1 Å². The quantitative estimate of drug-likeness (QED) is 0.670. The minimum Gasteiger partial charge on any atom is -0.465 e. The monoisotopic (exact) mass is 307 g/mol. The molecule has 1 aromatic carbocycles. The fourth-order valence-corrected chi connectivity index (χ4v) is 1.60. The predicted molar refractivity (Wildman–Crippen MR) is 62.4 cm³/mol. The summed E-state index contributed by atoms with van der Waals surface area (Å²) in [5.74, 6) is -1.77. The molecule has 0 aliphatic heterocycles. The lowest BCUT2D eigenvalue weighted by atomic mass is 10.2. The van der Waals surface area contributed by atoms with Crippen LogP contribution < -0.4 is 5.32 Å². The van der Waals surface area contributed by atoms with Crippen molar-refractivity contribution in [3.05, 3.63) is 33.8 Å². The Morgan fingerprint density at radius 1 is 1.47 bits per heavy atom. The Balaban J connectivity index is 2.58. The summed E-state index contributed by atoms with van der Waals surface area (Å²) in [5.41, 5.74) is -0.108. The van der Waals surface area contributed by atoms with Crippen molar-refractivity contribution in [1.29, 1.82) is 0 Å². The number of hydrogen-bond donors (Lipinski definition) is 1. The number of carbonyl (C=O) groups is 1. The van der Waals surface area contributed by atoms with Gasteiger partial charge in [0.25, 0.3) is 0 Å². The Labute approximate surface area is 106 Å². The standard InChI is InChI=1S/C11H12BrF2NO2/c1-2-17-10(16)6-15-5-7-9(13)4-3-8(12)11(7)14/h3-4,15H,2,5-6H2,1H3. The van der Waals surface area contributed by atoms with Crippen molar-refractivity contribution < 1.29 is 18.3 Å². The molecule has 0 bridgehead atoms. The smallest absolute Gasteiger partial charge is 0.319 e. The van der Waals surface area contributed by atoms with E-state index in [-0.39, 0.29) is 29.7 Å². The van der Waals surface area contributed by atoms with E-state index in [4.69, 9.17) is 0 Å². The van der Waals surface area contributed by atoms with Gasteiger partial charge in [0.2, 0.25) is 0 Å². The first-order chi connectivity index (χ1) is 8.06. The van der Waals surface area contributed by atoms with Crippen LogP contribution in [0.2, 0.25) is 0 Å². The molecule has 0 saturated carbocycles. The molecule has 1 N–H and O–H groups in total. The Morgan fingerprint density at radius 2 is 2.18 bits per heavy atom. The zero-order valence-corrected chi connectivity index (χ0v) is 10.8. The van der Waals surface area contributed by atoms with Gasteiger partial charge in [-0.1, -0.05) is 0 Å². The first kappa shape index (κ1) is 14.1. The maximum absolute atomic E-state index is 13.5. The van der Waals surface area contributed by atoms with Gasteiger partial charge in [-0.15, -0.1) is 0 Å².